The van der Waals surface area contributed by atoms with E-state index in [0.717, 1.165) is 5.56 Å². The van der Waals surface area contributed by atoms with Gasteiger partial charge in [-0.2, -0.15) is 0 Å². The molecular formula is C19H22BN3O5. The van der Waals surface area contributed by atoms with Gasteiger partial charge in [0.25, 0.3) is 5.91 Å². The fraction of sp³-hybridized carbons (Fsp3) is 0.368. The lowest BCUT2D eigenvalue weighted by Gasteiger charge is -2.21. The Kier molecular flexibility index (Phi) is 6.06. The number of carbonyl (C=O) groups is 2. The van der Waals surface area contributed by atoms with Crippen molar-refractivity contribution in [2.45, 2.75) is 40.0 Å². The van der Waals surface area contributed by atoms with E-state index in [1.54, 1.807) is 19.1 Å². The van der Waals surface area contributed by atoms with E-state index in [2.05, 4.69) is 15.3 Å². The molecule has 0 saturated heterocycles. The van der Waals surface area contributed by atoms with Crippen molar-refractivity contribution >= 4 is 24.5 Å². The van der Waals surface area contributed by atoms with Crippen molar-refractivity contribution in [1.29, 1.82) is 0 Å². The highest BCUT2D eigenvalue weighted by molar-refractivity contribution is 6.62. The maximum atomic E-state index is 12.8. The summed E-state index contributed by atoms with van der Waals surface area (Å²) in [4.78, 5) is 33.3. The molecule has 1 aliphatic heterocycles. The third-order valence-electron chi connectivity index (χ3n) is 4.68. The Balaban J connectivity index is 1.71. The van der Waals surface area contributed by atoms with Crippen molar-refractivity contribution in [2.75, 3.05) is 0 Å². The zero-order valence-electron chi connectivity index (χ0n) is 16.0. The van der Waals surface area contributed by atoms with Gasteiger partial charge in [-0.1, -0.05) is 19.9 Å². The van der Waals surface area contributed by atoms with E-state index in [-0.39, 0.29) is 12.5 Å². The molecule has 8 nitrogen and oxygen atoms in total. The molecule has 1 unspecified atom stereocenters. The molecule has 1 aromatic carbocycles. The number of benzene rings is 1. The van der Waals surface area contributed by atoms with Crippen LogP contribution in [-0.2, 0) is 27.4 Å². The van der Waals surface area contributed by atoms with Gasteiger partial charge in [0.2, 0.25) is 0 Å². The Morgan fingerprint density at radius 2 is 2.14 bits per heavy atom. The smallest absolute Gasteiger partial charge is 0.458 e. The molecule has 1 atom stereocenters. The molecule has 0 radical (unpaired) electrons. The van der Waals surface area contributed by atoms with E-state index in [1.165, 1.54) is 18.6 Å². The van der Waals surface area contributed by atoms with Crippen LogP contribution in [0.1, 0.15) is 41.0 Å². The number of rotatable bonds is 6. The van der Waals surface area contributed by atoms with Gasteiger partial charge in [-0.15, -0.1) is 0 Å². The number of hydrogen-bond donors (Lipinski definition) is 2. The maximum absolute atomic E-state index is 12.8. The molecule has 146 valence electrons. The van der Waals surface area contributed by atoms with Crippen LogP contribution in [0.25, 0.3) is 0 Å². The molecule has 1 amide bonds. The van der Waals surface area contributed by atoms with Gasteiger partial charge < -0.3 is 19.7 Å². The predicted octanol–water partition coefficient (Wildman–Crippen LogP) is 0.501. The number of nitrogens with zero attached hydrogens (tertiary/aromatic N) is 2. The SMILES string of the molecule is Cc1c(C(=O)NC(C(=O)OCc2cnccn2)C(C)C)ccc2c1B(O)OC2. The van der Waals surface area contributed by atoms with Crippen molar-refractivity contribution in [1.82, 2.24) is 15.3 Å². The zero-order valence-corrected chi connectivity index (χ0v) is 16.0. The van der Waals surface area contributed by atoms with E-state index in [0.29, 0.717) is 28.9 Å². The summed E-state index contributed by atoms with van der Waals surface area (Å²) in [5, 5.41) is 12.7. The number of esters is 1. The second kappa shape index (κ2) is 8.49. The highest BCUT2D eigenvalue weighted by Crippen LogP contribution is 2.17. The van der Waals surface area contributed by atoms with Crippen molar-refractivity contribution in [2.24, 2.45) is 5.92 Å². The molecule has 2 heterocycles. The molecule has 2 aromatic rings. The minimum Gasteiger partial charge on any atom is -0.458 e. The fourth-order valence-electron chi connectivity index (χ4n) is 3.11. The normalized spacial score (nSPS) is 14.0. The van der Waals surface area contributed by atoms with E-state index >= 15 is 0 Å². The average molecular weight is 383 g/mol. The topological polar surface area (TPSA) is 111 Å². The lowest BCUT2D eigenvalue weighted by Crippen LogP contribution is -2.46. The first-order chi connectivity index (χ1) is 13.4. The first-order valence-corrected chi connectivity index (χ1v) is 9.03. The monoisotopic (exact) mass is 383 g/mol. The molecule has 0 aliphatic carbocycles. The standard InChI is InChI=1S/C19H22BN3O5/c1-11(2)17(19(25)27-10-14-8-21-6-7-22-14)23-18(24)15-5-4-13-9-28-20(26)16(13)12(15)3/h4-8,11,17,26H,9-10H2,1-3H3,(H,23,24). The maximum Gasteiger partial charge on any atom is 0.492 e. The van der Waals surface area contributed by atoms with Crippen LogP contribution in [0.3, 0.4) is 0 Å². The van der Waals surface area contributed by atoms with E-state index < -0.39 is 25.0 Å². The Labute approximate surface area is 163 Å². The molecule has 3 rings (SSSR count). The lowest BCUT2D eigenvalue weighted by atomic mass is 9.75. The first-order valence-electron chi connectivity index (χ1n) is 9.03. The third kappa shape index (κ3) is 4.21. The van der Waals surface area contributed by atoms with Crippen LogP contribution in [0.15, 0.2) is 30.7 Å². The van der Waals surface area contributed by atoms with E-state index in [9.17, 15) is 14.6 Å². The molecule has 1 aromatic heterocycles. The number of nitrogens with one attached hydrogen (secondary N) is 1. The highest BCUT2D eigenvalue weighted by Gasteiger charge is 2.32. The average Bonchev–Trinajstić information content (AvgIpc) is 3.06. The molecule has 1 aliphatic rings. The number of fused-ring (bicyclic) bond motifs is 1. The van der Waals surface area contributed by atoms with Crippen LogP contribution in [-0.4, -0.2) is 40.0 Å². The van der Waals surface area contributed by atoms with E-state index in [4.69, 9.17) is 9.39 Å². The van der Waals surface area contributed by atoms with Gasteiger partial charge in [0.1, 0.15) is 12.6 Å². The quantitative estimate of drug-likeness (QED) is 0.552. The predicted molar refractivity (Wildman–Crippen MR) is 101 cm³/mol. The minimum absolute atomic E-state index is 0.0207. The minimum atomic E-state index is -1.04. The molecule has 2 N–H and O–H groups in total. The second-order valence-electron chi connectivity index (χ2n) is 6.97. The summed E-state index contributed by atoms with van der Waals surface area (Å²) in [5.41, 5.74) is 3.00. The van der Waals surface area contributed by atoms with E-state index in [1.807, 2.05) is 13.8 Å². The van der Waals surface area contributed by atoms with Crippen molar-refractivity contribution in [3.8, 4) is 0 Å². The van der Waals surface area contributed by atoms with Gasteiger partial charge in [0.05, 0.1) is 18.5 Å². The van der Waals surface area contributed by atoms with Crippen molar-refractivity contribution in [3.05, 3.63) is 53.1 Å². The summed E-state index contributed by atoms with van der Waals surface area (Å²) in [6, 6.07) is 2.61. The Morgan fingerprint density at radius 1 is 1.36 bits per heavy atom. The Morgan fingerprint density at radius 3 is 2.82 bits per heavy atom. The molecular weight excluding hydrogens is 361 g/mol. The summed E-state index contributed by atoms with van der Waals surface area (Å²) >= 11 is 0. The van der Waals surface area contributed by atoms with Crippen LogP contribution >= 0.6 is 0 Å². The number of amides is 1. The fourth-order valence-corrected chi connectivity index (χ4v) is 3.11. The number of aromatic nitrogens is 2. The summed E-state index contributed by atoms with van der Waals surface area (Å²) in [7, 11) is -1.04. The van der Waals surface area contributed by atoms with Gasteiger partial charge in [-0.3, -0.25) is 14.8 Å². The molecule has 9 heteroatoms. The number of ether oxygens (including phenoxy) is 1. The van der Waals surface area contributed by atoms with Crippen LogP contribution < -0.4 is 10.8 Å². The number of hydrogen-bond acceptors (Lipinski definition) is 7. The first kappa shape index (κ1) is 20.0. The zero-order chi connectivity index (χ0) is 20.3. The van der Waals surface area contributed by atoms with Crippen molar-refractivity contribution < 1.29 is 24.0 Å². The number of carbonyl (C=O) groups excluding carboxylic acids is 2. The highest BCUT2D eigenvalue weighted by atomic mass is 16.5. The van der Waals surface area contributed by atoms with Gasteiger partial charge in [-0.25, -0.2) is 4.79 Å². The van der Waals surface area contributed by atoms with Gasteiger partial charge >= 0.3 is 13.1 Å². The second-order valence-corrected chi connectivity index (χ2v) is 6.97. The van der Waals surface area contributed by atoms with Crippen LogP contribution in [0.4, 0.5) is 0 Å². The third-order valence-corrected chi connectivity index (χ3v) is 4.68. The molecule has 0 spiro atoms. The lowest BCUT2D eigenvalue weighted by molar-refractivity contribution is -0.148. The summed E-state index contributed by atoms with van der Waals surface area (Å²) in [5.74, 6) is -1.13. The summed E-state index contributed by atoms with van der Waals surface area (Å²) < 4.78 is 10.5. The van der Waals surface area contributed by atoms with Crippen LogP contribution in [0.2, 0.25) is 0 Å². The Bertz CT molecular complexity index is 875. The molecule has 0 fully saturated rings. The van der Waals surface area contributed by atoms with Gasteiger partial charge in [0.15, 0.2) is 0 Å². The summed E-state index contributed by atoms with van der Waals surface area (Å²) in [6.45, 7) is 5.68. The molecule has 28 heavy (non-hydrogen) atoms. The van der Waals surface area contributed by atoms with Gasteiger partial charge in [0, 0.05) is 18.0 Å². The van der Waals surface area contributed by atoms with Gasteiger partial charge in [-0.05, 0) is 35.5 Å². The van der Waals surface area contributed by atoms with Crippen LogP contribution in [0.5, 0.6) is 0 Å². The molecule has 0 saturated carbocycles. The van der Waals surface area contributed by atoms with Crippen molar-refractivity contribution in [3.63, 3.8) is 0 Å². The largest absolute Gasteiger partial charge is 0.492 e. The Hall–Kier alpha value is -2.78. The van der Waals surface area contributed by atoms with Crippen LogP contribution in [0, 0.1) is 12.8 Å². The summed E-state index contributed by atoms with van der Waals surface area (Å²) in [6.07, 6.45) is 4.56. The molecule has 0 bridgehead atoms.